The lowest BCUT2D eigenvalue weighted by molar-refractivity contribution is 0.143. The number of benzene rings is 1. The Morgan fingerprint density at radius 1 is 1.35 bits per heavy atom. The van der Waals surface area contributed by atoms with Gasteiger partial charge >= 0.3 is 6.03 Å². The van der Waals surface area contributed by atoms with Gasteiger partial charge in [0.15, 0.2) is 0 Å². The fourth-order valence-corrected chi connectivity index (χ4v) is 2.64. The van der Waals surface area contributed by atoms with Gasteiger partial charge in [-0.2, -0.15) is 0 Å². The highest BCUT2D eigenvalue weighted by Gasteiger charge is 2.14. The second-order valence-electron chi connectivity index (χ2n) is 6.00. The fraction of sp³-hybridized carbons (Fsp3) is 0.611. The second-order valence-corrected chi connectivity index (χ2v) is 6.00. The summed E-state index contributed by atoms with van der Waals surface area (Å²) in [6, 6.07) is 6.10. The number of hydrogen-bond donors (Lipinski definition) is 2. The second kappa shape index (κ2) is 9.40. The van der Waals surface area contributed by atoms with E-state index in [2.05, 4.69) is 17.6 Å². The van der Waals surface area contributed by atoms with Crippen LogP contribution >= 0.6 is 0 Å². The van der Waals surface area contributed by atoms with Crippen molar-refractivity contribution in [1.29, 1.82) is 0 Å². The van der Waals surface area contributed by atoms with E-state index in [1.165, 1.54) is 0 Å². The zero-order valence-electron chi connectivity index (χ0n) is 14.2. The quantitative estimate of drug-likeness (QED) is 0.846. The van der Waals surface area contributed by atoms with Gasteiger partial charge < -0.3 is 20.1 Å². The number of carbonyl (C=O) groups excluding carboxylic acids is 1. The molecule has 1 atom stereocenters. The van der Waals surface area contributed by atoms with Gasteiger partial charge in [0.25, 0.3) is 0 Å². The van der Waals surface area contributed by atoms with Gasteiger partial charge in [-0.25, -0.2) is 4.79 Å². The van der Waals surface area contributed by atoms with Crippen molar-refractivity contribution in [3.8, 4) is 5.75 Å². The van der Waals surface area contributed by atoms with Crippen LogP contribution in [-0.4, -0.2) is 31.9 Å². The number of aryl methyl sites for hydroxylation is 1. The Bertz CT molecular complexity index is 497. The van der Waals surface area contributed by atoms with Crippen LogP contribution in [0.4, 0.5) is 4.79 Å². The molecule has 128 valence electrons. The van der Waals surface area contributed by atoms with Crippen LogP contribution in [0.25, 0.3) is 0 Å². The molecule has 1 aromatic carbocycles. The molecule has 5 heteroatoms. The number of urea groups is 1. The summed E-state index contributed by atoms with van der Waals surface area (Å²) in [4.78, 5) is 12.0. The molecular weight excluding hydrogens is 292 g/mol. The Balaban J connectivity index is 1.79. The summed E-state index contributed by atoms with van der Waals surface area (Å²) in [6.07, 6.45) is 3.86. The van der Waals surface area contributed by atoms with E-state index in [0.717, 1.165) is 62.4 Å². The highest BCUT2D eigenvalue weighted by Crippen LogP contribution is 2.17. The standard InChI is InChI=1S/C18H28N2O3/c1-3-9-23-17-7-6-15(14(2)12-17)13-19-18(21)20-16-5-4-10-22-11-8-16/h6-7,12,16H,3-5,8-11,13H2,1-2H3,(H2,19,20,21). The van der Waals surface area contributed by atoms with Crippen LogP contribution in [0.3, 0.4) is 0 Å². The Labute approximate surface area is 138 Å². The minimum Gasteiger partial charge on any atom is -0.494 e. The summed E-state index contributed by atoms with van der Waals surface area (Å²) in [6.45, 7) is 6.90. The maximum absolute atomic E-state index is 12.0. The molecule has 2 N–H and O–H groups in total. The van der Waals surface area contributed by atoms with Crippen molar-refractivity contribution in [3.05, 3.63) is 29.3 Å². The van der Waals surface area contributed by atoms with Crippen molar-refractivity contribution in [2.24, 2.45) is 0 Å². The Morgan fingerprint density at radius 2 is 2.22 bits per heavy atom. The van der Waals surface area contributed by atoms with E-state index in [-0.39, 0.29) is 12.1 Å². The third kappa shape index (κ3) is 6.10. The van der Waals surface area contributed by atoms with Crippen molar-refractivity contribution in [2.45, 2.75) is 52.1 Å². The van der Waals surface area contributed by atoms with Crippen LogP contribution in [0.15, 0.2) is 18.2 Å². The summed E-state index contributed by atoms with van der Waals surface area (Å²) in [7, 11) is 0. The molecule has 0 aliphatic carbocycles. The first-order valence-electron chi connectivity index (χ1n) is 8.53. The van der Waals surface area contributed by atoms with Crippen LogP contribution in [0, 0.1) is 6.92 Å². The third-order valence-corrected chi connectivity index (χ3v) is 4.01. The molecule has 2 rings (SSSR count). The van der Waals surface area contributed by atoms with Gasteiger partial charge in [0.1, 0.15) is 5.75 Å². The molecule has 5 nitrogen and oxygen atoms in total. The molecule has 0 aromatic heterocycles. The van der Waals surface area contributed by atoms with E-state index < -0.39 is 0 Å². The fourth-order valence-electron chi connectivity index (χ4n) is 2.64. The zero-order chi connectivity index (χ0) is 16.5. The van der Waals surface area contributed by atoms with Crippen molar-refractivity contribution >= 4 is 6.03 Å². The first-order valence-corrected chi connectivity index (χ1v) is 8.53. The predicted octanol–water partition coefficient (Wildman–Crippen LogP) is 3.15. The minimum atomic E-state index is -0.109. The number of hydrogen-bond acceptors (Lipinski definition) is 3. The summed E-state index contributed by atoms with van der Waals surface area (Å²) in [5.41, 5.74) is 2.23. The zero-order valence-corrected chi connectivity index (χ0v) is 14.2. The van der Waals surface area contributed by atoms with Crippen molar-refractivity contribution < 1.29 is 14.3 Å². The summed E-state index contributed by atoms with van der Waals surface area (Å²) >= 11 is 0. The Kier molecular flexibility index (Phi) is 7.20. The normalized spacial score (nSPS) is 18.1. The number of rotatable bonds is 6. The lowest BCUT2D eigenvalue weighted by Crippen LogP contribution is -2.42. The van der Waals surface area contributed by atoms with Crippen LogP contribution in [0.5, 0.6) is 5.75 Å². The predicted molar refractivity (Wildman–Crippen MR) is 90.8 cm³/mol. The highest BCUT2D eigenvalue weighted by atomic mass is 16.5. The van der Waals surface area contributed by atoms with Crippen molar-refractivity contribution in [3.63, 3.8) is 0 Å². The maximum Gasteiger partial charge on any atom is 0.315 e. The van der Waals surface area contributed by atoms with E-state index >= 15 is 0 Å². The topological polar surface area (TPSA) is 59.6 Å². The largest absolute Gasteiger partial charge is 0.494 e. The number of nitrogens with one attached hydrogen (secondary N) is 2. The first-order chi connectivity index (χ1) is 11.2. The Morgan fingerprint density at radius 3 is 3.00 bits per heavy atom. The van der Waals surface area contributed by atoms with Crippen LogP contribution in [0.1, 0.15) is 43.7 Å². The van der Waals surface area contributed by atoms with E-state index in [0.29, 0.717) is 6.54 Å². The van der Waals surface area contributed by atoms with Crippen LogP contribution in [0.2, 0.25) is 0 Å². The minimum absolute atomic E-state index is 0.109. The van der Waals surface area contributed by atoms with Crippen molar-refractivity contribution in [2.75, 3.05) is 19.8 Å². The SMILES string of the molecule is CCCOc1ccc(CNC(=O)NC2CCCOCC2)c(C)c1. The summed E-state index contributed by atoms with van der Waals surface area (Å²) < 4.78 is 11.0. The van der Waals surface area contributed by atoms with Gasteiger partial charge in [-0.1, -0.05) is 13.0 Å². The molecule has 0 radical (unpaired) electrons. The van der Waals surface area contributed by atoms with Gasteiger partial charge in [-0.3, -0.25) is 0 Å². The monoisotopic (exact) mass is 320 g/mol. The molecule has 1 aliphatic rings. The third-order valence-electron chi connectivity index (χ3n) is 4.01. The molecule has 0 bridgehead atoms. The molecule has 0 spiro atoms. The van der Waals surface area contributed by atoms with E-state index in [1.807, 2.05) is 25.1 Å². The maximum atomic E-state index is 12.0. The van der Waals surface area contributed by atoms with E-state index in [4.69, 9.17) is 9.47 Å². The lowest BCUT2D eigenvalue weighted by Gasteiger charge is -2.17. The lowest BCUT2D eigenvalue weighted by atomic mass is 10.1. The molecule has 1 fully saturated rings. The molecule has 1 aliphatic heterocycles. The molecule has 2 amide bonds. The molecule has 1 heterocycles. The Hall–Kier alpha value is -1.75. The number of amides is 2. The molecule has 23 heavy (non-hydrogen) atoms. The average Bonchev–Trinajstić information content (AvgIpc) is 2.80. The molecule has 1 unspecified atom stereocenters. The number of ether oxygens (including phenoxy) is 2. The number of carbonyl (C=O) groups is 1. The first kappa shape index (κ1) is 17.6. The van der Waals surface area contributed by atoms with Crippen molar-refractivity contribution in [1.82, 2.24) is 10.6 Å². The molecule has 0 saturated carbocycles. The molecule has 1 aromatic rings. The van der Waals surface area contributed by atoms with E-state index in [9.17, 15) is 4.79 Å². The smallest absolute Gasteiger partial charge is 0.315 e. The molecule has 1 saturated heterocycles. The van der Waals surface area contributed by atoms with Crippen LogP contribution < -0.4 is 15.4 Å². The van der Waals surface area contributed by atoms with Gasteiger partial charge in [-0.15, -0.1) is 0 Å². The van der Waals surface area contributed by atoms with Gasteiger partial charge in [0.05, 0.1) is 6.61 Å². The van der Waals surface area contributed by atoms with Gasteiger partial charge in [0, 0.05) is 25.8 Å². The van der Waals surface area contributed by atoms with E-state index in [1.54, 1.807) is 0 Å². The highest BCUT2D eigenvalue weighted by molar-refractivity contribution is 5.74. The summed E-state index contributed by atoms with van der Waals surface area (Å²) in [5, 5.41) is 5.97. The summed E-state index contributed by atoms with van der Waals surface area (Å²) in [5.74, 6) is 0.885. The van der Waals surface area contributed by atoms with Gasteiger partial charge in [-0.05, 0) is 55.9 Å². The van der Waals surface area contributed by atoms with Gasteiger partial charge in [0.2, 0.25) is 0 Å². The van der Waals surface area contributed by atoms with Crippen LogP contribution in [-0.2, 0) is 11.3 Å². The molecular formula is C18H28N2O3. The average molecular weight is 320 g/mol.